The van der Waals surface area contributed by atoms with Gasteiger partial charge in [0.2, 0.25) is 0 Å². The first-order valence-electron chi connectivity index (χ1n) is 7.29. The van der Waals surface area contributed by atoms with Crippen LogP contribution in [0.25, 0.3) is 0 Å². The van der Waals surface area contributed by atoms with Gasteiger partial charge in [0.15, 0.2) is 0 Å². The summed E-state index contributed by atoms with van der Waals surface area (Å²) in [6, 6.07) is 8.23. The summed E-state index contributed by atoms with van der Waals surface area (Å²) < 4.78 is 26.7. The van der Waals surface area contributed by atoms with Gasteiger partial charge in [-0.05, 0) is 24.3 Å². The molecule has 0 radical (unpaired) electrons. The second-order valence-electron chi connectivity index (χ2n) is 5.08. The van der Waals surface area contributed by atoms with Crippen molar-refractivity contribution in [1.29, 1.82) is 0 Å². The Labute approximate surface area is 147 Å². The zero-order valence-corrected chi connectivity index (χ0v) is 15.0. The number of aromatic nitrogens is 1. The molecule has 1 aromatic heterocycles. The lowest BCUT2D eigenvalue weighted by Crippen LogP contribution is -2.05. The minimum absolute atomic E-state index is 0.224. The van der Waals surface area contributed by atoms with E-state index in [2.05, 4.69) is 21.2 Å². The second kappa shape index (κ2) is 8.42. The Balaban J connectivity index is 2.34. The quantitative estimate of drug-likeness (QED) is 0.784. The maximum absolute atomic E-state index is 12.8. The number of benzene rings is 1. The van der Waals surface area contributed by atoms with E-state index in [9.17, 15) is 9.00 Å². The van der Waals surface area contributed by atoms with E-state index in [1.807, 2.05) is 0 Å². The van der Waals surface area contributed by atoms with E-state index in [0.717, 1.165) is 0 Å². The molecule has 0 fully saturated rings. The topological polar surface area (TPSA) is 77.9 Å². The third-order valence-corrected chi connectivity index (χ3v) is 4.81. The molecule has 2 rings (SSSR count). The molecule has 7 heteroatoms. The largest absolute Gasteiger partial charge is 0.497 e. The van der Waals surface area contributed by atoms with Crippen LogP contribution in [0.2, 0.25) is 0 Å². The number of nitrogens with zero attached hydrogens (tertiary/aromatic N) is 2. The van der Waals surface area contributed by atoms with Crippen LogP contribution in [0.5, 0.6) is 5.75 Å². The Morgan fingerprint density at radius 1 is 1.28 bits per heavy atom. The highest BCUT2D eigenvalue weighted by atomic mass is 32.2. The first kappa shape index (κ1) is 18.6. The van der Waals surface area contributed by atoms with E-state index >= 15 is 0 Å². The summed E-state index contributed by atoms with van der Waals surface area (Å²) >= 11 is 0. The first-order valence-corrected chi connectivity index (χ1v) is 9.22. The van der Waals surface area contributed by atoms with Crippen molar-refractivity contribution < 1.29 is 18.5 Å². The van der Waals surface area contributed by atoms with Crippen LogP contribution in [0.4, 0.5) is 0 Å². The molecule has 1 unspecified atom stereocenters. The molecule has 0 aliphatic heterocycles. The van der Waals surface area contributed by atoms with Crippen molar-refractivity contribution in [3.05, 3.63) is 53.9 Å². The Kier molecular flexibility index (Phi) is 6.28. The number of carbonyl (C=O) groups excluding carboxylic acids is 1. The smallest absolute Gasteiger partial charge is 0.286 e. The fraction of sp³-hybridized carbons (Fsp3) is 0.222. The monoisotopic (exact) mass is 358 g/mol. The average Bonchev–Trinajstić information content (AvgIpc) is 2.62. The summed E-state index contributed by atoms with van der Waals surface area (Å²) in [6.07, 6.45) is 4.31. The molecule has 0 saturated carbocycles. The van der Waals surface area contributed by atoms with Crippen LogP contribution < -0.4 is 4.74 Å². The Morgan fingerprint density at radius 3 is 2.80 bits per heavy atom. The van der Waals surface area contributed by atoms with Crippen molar-refractivity contribution in [2.24, 2.45) is 4.36 Å². The molecule has 2 aromatic rings. The molecule has 1 amide bonds. The van der Waals surface area contributed by atoms with Crippen molar-refractivity contribution in [3.8, 4) is 17.6 Å². The van der Waals surface area contributed by atoms with Crippen LogP contribution in [0.3, 0.4) is 0 Å². The number of pyridine rings is 1. The van der Waals surface area contributed by atoms with Crippen LogP contribution in [-0.2, 0) is 14.5 Å². The van der Waals surface area contributed by atoms with Gasteiger partial charge in [0, 0.05) is 31.3 Å². The number of methoxy groups -OCH3 is 2. The molecular formula is C18H18N2O4S. The van der Waals surface area contributed by atoms with Gasteiger partial charge in [-0.15, -0.1) is 0 Å². The normalized spacial score (nSPS) is 12.4. The summed E-state index contributed by atoms with van der Waals surface area (Å²) in [5, 5.41) is 0. The second-order valence-corrected chi connectivity index (χ2v) is 7.33. The lowest BCUT2D eigenvalue weighted by molar-refractivity contribution is 0.100. The van der Waals surface area contributed by atoms with Gasteiger partial charge < -0.3 is 9.47 Å². The van der Waals surface area contributed by atoms with Gasteiger partial charge in [0.05, 0.1) is 27.3 Å². The highest BCUT2D eigenvalue weighted by Crippen LogP contribution is 2.19. The van der Waals surface area contributed by atoms with Crippen molar-refractivity contribution in [3.63, 3.8) is 0 Å². The van der Waals surface area contributed by atoms with Crippen molar-refractivity contribution in [2.45, 2.75) is 4.90 Å². The zero-order valence-electron chi connectivity index (χ0n) is 14.2. The molecule has 0 saturated heterocycles. The van der Waals surface area contributed by atoms with Gasteiger partial charge in [-0.3, -0.25) is 9.78 Å². The van der Waals surface area contributed by atoms with E-state index < -0.39 is 15.6 Å². The van der Waals surface area contributed by atoms with E-state index in [1.54, 1.807) is 37.4 Å². The predicted octanol–water partition coefficient (Wildman–Crippen LogP) is 2.39. The average molecular weight is 358 g/mol. The molecule has 0 aliphatic rings. The summed E-state index contributed by atoms with van der Waals surface area (Å²) in [5.41, 5.74) is 0.781. The van der Waals surface area contributed by atoms with E-state index in [4.69, 9.17) is 9.47 Å². The third kappa shape index (κ3) is 5.14. The number of hydrogen-bond acceptors (Lipinski definition) is 5. The van der Waals surface area contributed by atoms with Crippen LogP contribution >= 0.6 is 0 Å². The zero-order chi connectivity index (χ0) is 18.3. The molecule has 1 heterocycles. The lowest BCUT2D eigenvalue weighted by atomic mass is 10.2. The van der Waals surface area contributed by atoms with Gasteiger partial charge in [0.25, 0.3) is 5.91 Å². The van der Waals surface area contributed by atoms with Crippen LogP contribution in [0.15, 0.2) is 52.0 Å². The van der Waals surface area contributed by atoms with E-state index in [-0.39, 0.29) is 12.2 Å². The number of amides is 1. The number of ether oxygens (including phenoxy) is 2. The first-order chi connectivity index (χ1) is 12.0. The molecule has 0 N–H and O–H groups in total. The van der Waals surface area contributed by atoms with Gasteiger partial charge in [-0.1, -0.05) is 17.9 Å². The summed E-state index contributed by atoms with van der Waals surface area (Å²) in [7, 11) is 0.146. The SMILES string of the molecule is COCC#Cc1cncc(C(=O)N=S(C)(=O)c2cccc(OC)c2)c1. The summed E-state index contributed by atoms with van der Waals surface area (Å²) in [6.45, 7) is 0.279. The Bertz CT molecular complexity index is 951. The van der Waals surface area contributed by atoms with Gasteiger partial charge in [-0.25, -0.2) is 4.21 Å². The lowest BCUT2D eigenvalue weighted by Gasteiger charge is -2.06. The maximum Gasteiger partial charge on any atom is 0.286 e. The highest BCUT2D eigenvalue weighted by molar-refractivity contribution is 7.93. The van der Waals surface area contributed by atoms with E-state index in [1.165, 1.54) is 25.8 Å². The maximum atomic E-state index is 12.8. The van der Waals surface area contributed by atoms with Gasteiger partial charge in [0.1, 0.15) is 12.4 Å². The fourth-order valence-corrected chi connectivity index (χ4v) is 3.13. The Hall–Kier alpha value is -2.69. The molecular weight excluding hydrogens is 340 g/mol. The van der Waals surface area contributed by atoms with Crippen LogP contribution in [0.1, 0.15) is 15.9 Å². The number of rotatable bonds is 4. The van der Waals surface area contributed by atoms with Gasteiger partial charge in [-0.2, -0.15) is 4.36 Å². The van der Waals surface area contributed by atoms with Crippen LogP contribution in [0, 0.1) is 11.8 Å². The molecule has 130 valence electrons. The fourth-order valence-electron chi connectivity index (χ4n) is 1.94. The summed E-state index contributed by atoms with van der Waals surface area (Å²) in [4.78, 5) is 16.8. The van der Waals surface area contributed by atoms with E-state index in [0.29, 0.717) is 16.2 Å². The minimum Gasteiger partial charge on any atom is -0.497 e. The molecule has 6 nitrogen and oxygen atoms in total. The predicted molar refractivity (Wildman–Crippen MR) is 95.1 cm³/mol. The molecule has 0 bridgehead atoms. The number of hydrogen-bond donors (Lipinski definition) is 0. The molecule has 25 heavy (non-hydrogen) atoms. The van der Waals surface area contributed by atoms with Crippen molar-refractivity contribution >= 4 is 15.6 Å². The Morgan fingerprint density at radius 2 is 2.08 bits per heavy atom. The molecule has 1 aromatic carbocycles. The van der Waals surface area contributed by atoms with Crippen molar-refractivity contribution in [2.75, 3.05) is 27.1 Å². The minimum atomic E-state index is -2.91. The third-order valence-electron chi connectivity index (χ3n) is 3.17. The van der Waals surface area contributed by atoms with Gasteiger partial charge >= 0.3 is 0 Å². The number of carbonyl (C=O) groups is 1. The molecule has 0 spiro atoms. The van der Waals surface area contributed by atoms with Crippen molar-refractivity contribution in [1.82, 2.24) is 4.98 Å². The molecule has 0 aliphatic carbocycles. The highest BCUT2D eigenvalue weighted by Gasteiger charge is 2.12. The molecule has 1 atom stereocenters. The van der Waals surface area contributed by atoms with Crippen LogP contribution in [-0.4, -0.2) is 42.2 Å². The standard InChI is InChI=1S/C18H18N2O4S/c1-23-9-5-6-14-10-15(13-19-12-14)18(21)20-25(3,22)17-8-4-7-16(11-17)24-2/h4,7-8,10-13H,9H2,1-3H3. The summed E-state index contributed by atoms with van der Waals surface area (Å²) in [5.74, 6) is 5.55.